The number of nitrogens with one attached hydrogen (secondary N) is 2. The highest BCUT2D eigenvalue weighted by Gasteiger charge is 2.32. The smallest absolute Gasteiger partial charge is 0.237 e. The minimum atomic E-state index is -0.654. The topological polar surface area (TPSA) is 83.6 Å². The van der Waals surface area contributed by atoms with Crippen molar-refractivity contribution in [2.75, 3.05) is 20.2 Å². The molecule has 0 radical (unpaired) electrons. The molecule has 2 aromatic rings. The summed E-state index contributed by atoms with van der Waals surface area (Å²) in [4.78, 5) is 30.6. The highest BCUT2D eigenvalue weighted by molar-refractivity contribution is 5.88. The molecule has 148 valence electrons. The molecular weight excluding hydrogens is 363 g/mol. The van der Waals surface area contributed by atoms with Gasteiger partial charge in [-0.05, 0) is 18.2 Å². The van der Waals surface area contributed by atoms with Gasteiger partial charge in [0.15, 0.2) is 0 Å². The van der Waals surface area contributed by atoms with E-state index in [0.717, 1.165) is 5.69 Å². The van der Waals surface area contributed by atoms with Crippen LogP contribution in [0, 0.1) is 5.82 Å². The van der Waals surface area contributed by atoms with E-state index in [1.54, 1.807) is 24.4 Å². The van der Waals surface area contributed by atoms with E-state index in [1.807, 2.05) is 17.0 Å². The quantitative estimate of drug-likeness (QED) is 0.748. The number of nitrogens with zero attached hydrogens (tertiary/aromatic N) is 2. The first-order chi connectivity index (χ1) is 13.6. The van der Waals surface area contributed by atoms with Gasteiger partial charge in [-0.1, -0.05) is 12.1 Å². The van der Waals surface area contributed by atoms with Gasteiger partial charge in [-0.25, -0.2) is 4.39 Å². The van der Waals surface area contributed by atoms with Crippen molar-refractivity contribution in [1.29, 1.82) is 0 Å². The lowest BCUT2D eigenvalue weighted by atomic mass is 10.1. The van der Waals surface area contributed by atoms with Crippen molar-refractivity contribution < 1.29 is 18.7 Å². The molecule has 2 heterocycles. The first-order valence-electron chi connectivity index (χ1n) is 9.07. The van der Waals surface area contributed by atoms with Gasteiger partial charge >= 0.3 is 0 Å². The SMILES string of the molecule is COc1ccc(CN2CCNC(=O)C2CC(=O)NCc2ccccn2)c(F)c1. The third-order valence-electron chi connectivity index (χ3n) is 4.65. The van der Waals surface area contributed by atoms with Gasteiger partial charge in [-0.3, -0.25) is 19.5 Å². The molecule has 1 aliphatic rings. The summed E-state index contributed by atoms with van der Waals surface area (Å²) in [5, 5.41) is 5.55. The lowest BCUT2D eigenvalue weighted by Crippen LogP contribution is -2.56. The number of amides is 2. The third kappa shape index (κ3) is 5.04. The number of carbonyl (C=O) groups excluding carboxylic acids is 2. The van der Waals surface area contributed by atoms with Crippen molar-refractivity contribution >= 4 is 11.8 Å². The Bertz CT molecular complexity index is 831. The molecule has 1 fully saturated rings. The Morgan fingerprint density at radius 1 is 1.39 bits per heavy atom. The van der Waals surface area contributed by atoms with Crippen LogP contribution in [0.25, 0.3) is 0 Å². The number of rotatable bonds is 7. The Hall–Kier alpha value is -3.00. The van der Waals surface area contributed by atoms with Crippen LogP contribution in [-0.4, -0.2) is 47.9 Å². The molecule has 1 saturated heterocycles. The average Bonchev–Trinajstić information content (AvgIpc) is 2.71. The molecule has 0 spiro atoms. The van der Waals surface area contributed by atoms with Gasteiger partial charge in [-0.15, -0.1) is 0 Å². The molecule has 1 unspecified atom stereocenters. The Labute approximate surface area is 162 Å². The molecule has 28 heavy (non-hydrogen) atoms. The van der Waals surface area contributed by atoms with Crippen LogP contribution in [0.4, 0.5) is 4.39 Å². The van der Waals surface area contributed by atoms with Gasteiger partial charge in [0.25, 0.3) is 0 Å². The van der Waals surface area contributed by atoms with Gasteiger partial charge in [0, 0.05) is 37.5 Å². The second-order valence-corrected chi connectivity index (χ2v) is 6.54. The number of benzene rings is 1. The van der Waals surface area contributed by atoms with Gasteiger partial charge in [-0.2, -0.15) is 0 Å². The number of pyridine rings is 1. The van der Waals surface area contributed by atoms with Crippen molar-refractivity contribution in [2.45, 2.75) is 25.6 Å². The third-order valence-corrected chi connectivity index (χ3v) is 4.65. The number of ether oxygens (including phenoxy) is 1. The highest BCUT2D eigenvalue weighted by Crippen LogP contribution is 2.20. The zero-order valence-electron chi connectivity index (χ0n) is 15.7. The normalized spacial score (nSPS) is 17.1. The molecule has 0 aliphatic carbocycles. The predicted octanol–water partition coefficient (Wildman–Crippen LogP) is 1.24. The monoisotopic (exact) mass is 386 g/mol. The van der Waals surface area contributed by atoms with E-state index in [4.69, 9.17) is 4.74 Å². The van der Waals surface area contributed by atoms with E-state index in [-0.39, 0.29) is 24.8 Å². The van der Waals surface area contributed by atoms with Gasteiger partial charge in [0.05, 0.1) is 31.8 Å². The van der Waals surface area contributed by atoms with E-state index in [2.05, 4.69) is 15.6 Å². The number of halogens is 1. The molecule has 8 heteroatoms. The Balaban J connectivity index is 1.63. The first-order valence-corrected chi connectivity index (χ1v) is 9.07. The van der Waals surface area contributed by atoms with Crippen molar-refractivity contribution in [2.24, 2.45) is 0 Å². The summed E-state index contributed by atoms with van der Waals surface area (Å²) in [6.45, 7) is 1.53. The molecule has 0 saturated carbocycles. The van der Waals surface area contributed by atoms with Crippen LogP contribution in [-0.2, 0) is 22.7 Å². The summed E-state index contributed by atoms with van der Waals surface area (Å²) in [7, 11) is 1.48. The van der Waals surface area contributed by atoms with Crippen LogP contribution in [0.15, 0.2) is 42.6 Å². The van der Waals surface area contributed by atoms with Crippen molar-refractivity contribution in [3.8, 4) is 5.75 Å². The fourth-order valence-electron chi connectivity index (χ4n) is 3.11. The molecule has 1 atom stereocenters. The number of carbonyl (C=O) groups is 2. The number of aromatic nitrogens is 1. The van der Waals surface area contributed by atoms with Crippen molar-refractivity contribution in [3.63, 3.8) is 0 Å². The van der Waals surface area contributed by atoms with Crippen LogP contribution in [0.5, 0.6) is 5.75 Å². The van der Waals surface area contributed by atoms with Crippen molar-refractivity contribution in [3.05, 3.63) is 59.7 Å². The largest absolute Gasteiger partial charge is 0.497 e. The molecule has 2 amide bonds. The number of piperazine rings is 1. The summed E-state index contributed by atoms with van der Waals surface area (Å²) in [5.41, 5.74) is 1.19. The Kier molecular flexibility index (Phi) is 6.54. The summed E-state index contributed by atoms with van der Waals surface area (Å²) >= 11 is 0. The van der Waals surface area contributed by atoms with Gasteiger partial charge in [0.2, 0.25) is 11.8 Å². The fraction of sp³-hybridized carbons (Fsp3) is 0.350. The van der Waals surface area contributed by atoms with E-state index in [0.29, 0.717) is 30.9 Å². The Morgan fingerprint density at radius 2 is 2.25 bits per heavy atom. The minimum Gasteiger partial charge on any atom is -0.497 e. The molecule has 7 nitrogen and oxygen atoms in total. The van der Waals surface area contributed by atoms with E-state index in [9.17, 15) is 14.0 Å². The lowest BCUT2D eigenvalue weighted by Gasteiger charge is -2.34. The average molecular weight is 386 g/mol. The molecule has 1 aliphatic heterocycles. The molecule has 0 bridgehead atoms. The standard InChI is InChI=1S/C20H23FN4O3/c1-28-16-6-5-14(17(21)10-16)13-25-9-8-23-20(27)18(25)11-19(26)24-12-15-4-2-3-7-22-15/h2-7,10,18H,8-9,11-13H2,1H3,(H,23,27)(H,24,26). The maximum Gasteiger partial charge on any atom is 0.237 e. The zero-order chi connectivity index (χ0) is 19.9. The van der Waals surface area contributed by atoms with Gasteiger partial charge in [0.1, 0.15) is 11.6 Å². The number of methoxy groups -OCH3 is 1. The number of hydrogen-bond donors (Lipinski definition) is 2. The first kappa shape index (κ1) is 19.8. The lowest BCUT2D eigenvalue weighted by molar-refractivity contribution is -0.134. The molecule has 1 aromatic heterocycles. The fourth-order valence-corrected chi connectivity index (χ4v) is 3.11. The van der Waals surface area contributed by atoms with Crippen LogP contribution < -0.4 is 15.4 Å². The number of hydrogen-bond acceptors (Lipinski definition) is 5. The van der Waals surface area contributed by atoms with Gasteiger partial charge < -0.3 is 15.4 Å². The molecule has 2 N–H and O–H groups in total. The zero-order valence-corrected chi connectivity index (χ0v) is 15.7. The summed E-state index contributed by atoms with van der Waals surface area (Å²) < 4.78 is 19.3. The molecule has 3 rings (SSSR count). The molecule has 1 aromatic carbocycles. The predicted molar refractivity (Wildman–Crippen MR) is 101 cm³/mol. The second-order valence-electron chi connectivity index (χ2n) is 6.54. The van der Waals surface area contributed by atoms with E-state index < -0.39 is 11.9 Å². The highest BCUT2D eigenvalue weighted by atomic mass is 19.1. The van der Waals surface area contributed by atoms with E-state index in [1.165, 1.54) is 13.2 Å². The molecular formula is C20H23FN4O3. The van der Waals surface area contributed by atoms with Crippen LogP contribution in [0.2, 0.25) is 0 Å². The second kappa shape index (κ2) is 9.27. The summed E-state index contributed by atoms with van der Waals surface area (Å²) in [6, 6.07) is 9.43. The summed E-state index contributed by atoms with van der Waals surface area (Å²) in [6.07, 6.45) is 1.65. The minimum absolute atomic E-state index is 0.00353. The maximum atomic E-state index is 14.3. The van der Waals surface area contributed by atoms with E-state index >= 15 is 0 Å². The van der Waals surface area contributed by atoms with Crippen LogP contribution in [0.3, 0.4) is 0 Å². The maximum absolute atomic E-state index is 14.3. The van der Waals surface area contributed by atoms with Crippen LogP contribution in [0.1, 0.15) is 17.7 Å². The Morgan fingerprint density at radius 3 is 2.96 bits per heavy atom. The summed E-state index contributed by atoms with van der Waals surface area (Å²) in [5.74, 6) is -0.451. The van der Waals surface area contributed by atoms with Crippen LogP contribution >= 0.6 is 0 Å². The van der Waals surface area contributed by atoms with Crippen molar-refractivity contribution in [1.82, 2.24) is 20.5 Å².